The Kier molecular flexibility index (Phi) is 4.25. The summed E-state index contributed by atoms with van der Waals surface area (Å²) in [5.74, 6) is 0. The number of hydrogen-bond donors (Lipinski definition) is 0. The van der Waals surface area contributed by atoms with Gasteiger partial charge in [-0.2, -0.15) is 0 Å². The maximum atomic E-state index is 4.51. The molecule has 2 aromatic carbocycles. The molecule has 0 aliphatic heterocycles. The van der Waals surface area contributed by atoms with Crippen molar-refractivity contribution in [1.82, 2.24) is 0 Å². The van der Waals surface area contributed by atoms with Crippen LogP contribution in [0.4, 0.5) is 0 Å². The third-order valence-corrected chi connectivity index (χ3v) is 57.5. The Balaban J connectivity index is 1.92. The standard InChI is InChI=1S/2C9H7.C2H7Si.2BrH.Ti/c2*1-2-5-9-7-3-6-8(9)4-1;1-3-2;;;/h2*1-7H;3H,1-2H3;2*1H;/q;;;;;+2/p-2. The van der Waals surface area contributed by atoms with Gasteiger partial charge in [0.1, 0.15) is 0 Å². The zero-order valence-corrected chi connectivity index (χ0v) is 19.8. The fraction of sp³-hybridized carbons (Fsp3) is 0.200. The Labute approximate surface area is 158 Å². The Morgan fingerprint density at radius 1 is 0.750 bits per heavy atom. The van der Waals surface area contributed by atoms with Gasteiger partial charge < -0.3 is 0 Å². The molecule has 0 saturated heterocycles. The molecule has 0 heterocycles. The van der Waals surface area contributed by atoms with E-state index in [-0.39, 0.29) is 0 Å². The first-order valence-corrected chi connectivity index (χ1v) is 23.7. The first-order valence-electron chi connectivity index (χ1n) is 8.54. The van der Waals surface area contributed by atoms with Gasteiger partial charge in [-0.1, -0.05) is 0 Å². The van der Waals surface area contributed by atoms with Crippen molar-refractivity contribution in [3.63, 3.8) is 0 Å². The predicted molar refractivity (Wildman–Crippen MR) is 113 cm³/mol. The van der Waals surface area contributed by atoms with Gasteiger partial charge in [-0.05, 0) is 0 Å². The molecule has 0 nitrogen and oxygen atoms in total. The van der Waals surface area contributed by atoms with Gasteiger partial charge >= 0.3 is 160 Å². The summed E-state index contributed by atoms with van der Waals surface area (Å²) in [5.41, 5.74) is 5.79. The van der Waals surface area contributed by atoms with Gasteiger partial charge in [0.25, 0.3) is 0 Å². The molecular weight excluding hydrogens is 476 g/mol. The summed E-state index contributed by atoms with van der Waals surface area (Å²) in [6, 6.07) is 17.8. The second kappa shape index (κ2) is 5.92. The van der Waals surface area contributed by atoms with Gasteiger partial charge in [-0.15, -0.1) is 0 Å². The predicted octanol–water partition coefficient (Wildman–Crippen LogP) is 6.82. The molecule has 2 atom stereocenters. The molecule has 0 aromatic heterocycles. The van der Waals surface area contributed by atoms with Crippen molar-refractivity contribution in [2.45, 2.75) is 21.5 Å². The minimum absolute atomic E-state index is 0.505. The van der Waals surface area contributed by atoms with Gasteiger partial charge in [0.05, 0.1) is 0 Å². The molecule has 2 aliphatic rings. The van der Waals surface area contributed by atoms with Gasteiger partial charge in [0.2, 0.25) is 0 Å². The zero-order chi connectivity index (χ0) is 17.0. The Hall–Kier alpha value is -0.189. The first kappa shape index (κ1) is 17.2. The van der Waals surface area contributed by atoms with Gasteiger partial charge in [-0.3, -0.25) is 0 Å². The number of halogens is 2. The van der Waals surface area contributed by atoms with E-state index in [4.69, 9.17) is 0 Å². The molecule has 0 fully saturated rings. The van der Waals surface area contributed by atoms with Crippen molar-refractivity contribution in [3.05, 3.63) is 82.9 Å². The van der Waals surface area contributed by atoms with Crippen molar-refractivity contribution in [3.8, 4) is 0 Å². The molecule has 2 aliphatic carbocycles. The molecule has 4 heteroatoms. The van der Waals surface area contributed by atoms with Crippen LogP contribution in [0.15, 0.2) is 60.7 Å². The molecule has 4 rings (SSSR count). The summed E-state index contributed by atoms with van der Waals surface area (Å²) >= 11 is 9.03. The van der Waals surface area contributed by atoms with E-state index in [1.807, 2.05) is 0 Å². The van der Waals surface area contributed by atoms with E-state index >= 15 is 0 Å². The molecule has 0 amide bonds. The van der Waals surface area contributed by atoms with Crippen molar-refractivity contribution >= 4 is 45.1 Å². The monoisotopic (exact) mass is 495 g/mol. The van der Waals surface area contributed by atoms with E-state index in [0.29, 0.717) is 8.45 Å². The van der Waals surface area contributed by atoms with E-state index in [1.54, 1.807) is 0 Å². The molecule has 2 aromatic rings. The van der Waals surface area contributed by atoms with Crippen molar-refractivity contribution in [2.24, 2.45) is 0 Å². The van der Waals surface area contributed by atoms with Crippen LogP contribution in [0.25, 0.3) is 12.2 Å². The molecule has 123 valence electrons. The third-order valence-electron chi connectivity index (χ3n) is 5.89. The average Bonchev–Trinajstić information content (AvgIpc) is 3.20. The molecule has 0 radical (unpaired) electrons. The molecule has 0 saturated carbocycles. The average molecular weight is 497 g/mol. The summed E-state index contributed by atoms with van der Waals surface area (Å²) in [7, 11) is -3.23. The van der Waals surface area contributed by atoms with Gasteiger partial charge in [0.15, 0.2) is 0 Å². The van der Waals surface area contributed by atoms with Crippen LogP contribution in [-0.4, -0.2) is 6.66 Å². The van der Waals surface area contributed by atoms with Crippen molar-refractivity contribution in [2.75, 3.05) is 0 Å². The molecule has 0 spiro atoms. The van der Waals surface area contributed by atoms with Crippen LogP contribution in [0.2, 0.25) is 13.1 Å². The Bertz CT molecular complexity index is 804. The minimum atomic E-state index is -3.23. The van der Waals surface area contributed by atoms with Crippen LogP contribution >= 0.6 is 26.3 Å². The third kappa shape index (κ3) is 2.32. The van der Waals surface area contributed by atoms with E-state index < -0.39 is 17.0 Å². The number of hydrogen-bond acceptors (Lipinski definition) is 0. The van der Waals surface area contributed by atoms with E-state index in [9.17, 15) is 0 Å². The summed E-state index contributed by atoms with van der Waals surface area (Å²) in [4.78, 5) is 0. The summed E-state index contributed by atoms with van der Waals surface area (Å²) in [6.07, 6.45) is 9.58. The molecule has 2 unspecified atom stereocenters. The fourth-order valence-electron chi connectivity index (χ4n) is 4.37. The molecule has 0 N–H and O–H groups in total. The van der Waals surface area contributed by atoms with Crippen LogP contribution in [0.5, 0.6) is 0 Å². The molecular formula is C20H21Br2SiTi. The maximum absolute atomic E-state index is 4.51. The molecule has 24 heavy (non-hydrogen) atoms. The van der Waals surface area contributed by atoms with Crippen molar-refractivity contribution < 1.29 is 10.4 Å². The van der Waals surface area contributed by atoms with E-state index in [1.165, 1.54) is 22.3 Å². The Morgan fingerprint density at radius 3 is 1.58 bits per heavy atom. The van der Waals surface area contributed by atoms with Crippen LogP contribution in [0.1, 0.15) is 30.7 Å². The fourth-order valence-corrected chi connectivity index (χ4v) is 26.2. The Morgan fingerprint density at radius 2 is 1.17 bits per heavy atom. The van der Waals surface area contributed by atoms with Crippen molar-refractivity contribution in [1.29, 1.82) is 0 Å². The SMILES string of the molecule is C[SiH](C)[Ti]([Br])([Br])([CH]1C=Cc2ccccc21)[CH]1C=Cc2ccccc21. The quantitative estimate of drug-likeness (QED) is 0.409. The number of fused-ring (bicyclic) bond motifs is 2. The van der Waals surface area contributed by atoms with E-state index in [0.717, 1.165) is 0 Å². The summed E-state index contributed by atoms with van der Waals surface area (Å²) in [6.45, 7) is 4.02. The number of benzene rings is 2. The van der Waals surface area contributed by atoms with E-state index in [2.05, 4.69) is 112 Å². The van der Waals surface area contributed by atoms with Gasteiger partial charge in [-0.25, -0.2) is 0 Å². The second-order valence-electron chi connectivity index (χ2n) is 7.31. The second-order valence-corrected chi connectivity index (χ2v) is 51.9. The van der Waals surface area contributed by atoms with Crippen LogP contribution in [0.3, 0.4) is 0 Å². The van der Waals surface area contributed by atoms with Crippen LogP contribution in [-0.2, 0) is 10.4 Å². The normalized spacial score (nSPS) is 23.1. The first-order chi connectivity index (χ1) is 11.4. The summed E-state index contributed by atoms with van der Waals surface area (Å²) < 4.78 is 1.01. The zero-order valence-electron chi connectivity index (χ0n) is 13.9. The van der Waals surface area contributed by atoms with Crippen LogP contribution in [0, 0.1) is 0 Å². The number of rotatable bonds is 3. The van der Waals surface area contributed by atoms with Crippen LogP contribution < -0.4 is 0 Å². The topological polar surface area (TPSA) is 0 Å². The molecule has 0 bridgehead atoms. The summed E-state index contributed by atoms with van der Waals surface area (Å²) in [5, 5.41) is 0. The number of allylic oxidation sites excluding steroid dienone is 2. The van der Waals surface area contributed by atoms with Gasteiger partial charge in [0, 0.05) is 0 Å².